The molecule has 0 fully saturated rings. The lowest BCUT2D eigenvalue weighted by atomic mass is 9.65. The minimum absolute atomic E-state index is 0.00440. The Balaban J connectivity index is 2.52. The van der Waals surface area contributed by atoms with Gasteiger partial charge in [-0.1, -0.05) is 26.0 Å². The molecule has 2 heteroatoms. The van der Waals surface area contributed by atoms with E-state index >= 15 is 0 Å². The van der Waals surface area contributed by atoms with Gasteiger partial charge in [-0.25, -0.2) is 4.39 Å². The average molecular weight is 207 g/mol. The Kier molecular flexibility index (Phi) is 2.55. The van der Waals surface area contributed by atoms with Crippen molar-refractivity contribution in [3.8, 4) is 0 Å². The molecule has 1 atom stereocenters. The fourth-order valence-corrected chi connectivity index (χ4v) is 2.73. The van der Waals surface area contributed by atoms with Crippen molar-refractivity contribution in [2.24, 2.45) is 11.7 Å². The summed E-state index contributed by atoms with van der Waals surface area (Å²) in [5.74, 6) is 0.405. The summed E-state index contributed by atoms with van der Waals surface area (Å²) < 4.78 is 13.6. The molecule has 1 unspecified atom stereocenters. The van der Waals surface area contributed by atoms with Gasteiger partial charge in [0.2, 0.25) is 0 Å². The molecule has 0 heterocycles. The van der Waals surface area contributed by atoms with Gasteiger partial charge in [-0.3, -0.25) is 0 Å². The second-order valence-corrected chi connectivity index (χ2v) is 4.96. The minimum Gasteiger partial charge on any atom is -0.330 e. The van der Waals surface area contributed by atoms with Gasteiger partial charge >= 0.3 is 0 Å². The molecular formula is C13H18FN. The van der Waals surface area contributed by atoms with Crippen molar-refractivity contribution in [1.82, 2.24) is 0 Å². The zero-order valence-corrected chi connectivity index (χ0v) is 9.39. The van der Waals surface area contributed by atoms with Crippen molar-refractivity contribution in [2.45, 2.75) is 32.1 Å². The highest BCUT2D eigenvalue weighted by atomic mass is 19.1. The van der Waals surface area contributed by atoms with Gasteiger partial charge in [0.1, 0.15) is 5.82 Å². The van der Waals surface area contributed by atoms with Gasteiger partial charge < -0.3 is 5.73 Å². The molecule has 1 aliphatic rings. The molecule has 0 saturated carbocycles. The molecule has 1 aromatic rings. The van der Waals surface area contributed by atoms with E-state index in [1.165, 1.54) is 0 Å². The molecule has 1 aliphatic carbocycles. The third-order valence-electron chi connectivity index (χ3n) is 3.86. The summed E-state index contributed by atoms with van der Waals surface area (Å²) in [6, 6.07) is 5.40. The van der Waals surface area contributed by atoms with Crippen LogP contribution < -0.4 is 5.73 Å². The van der Waals surface area contributed by atoms with Crippen molar-refractivity contribution in [2.75, 3.05) is 6.54 Å². The summed E-state index contributed by atoms with van der Waals surface area (Å²) in [7, 11) is 0. The molecular weight excluding hydrogens is 189 g/mol. The van der Waals surface area contributed by atoms with Gasteiger partial charge in [-0.2, -0.15) is 0 Å². The largest absolute Gasteiger partial charge is 0.330 e. The fourth-order valence-electron chi connectivity index (χ4n) is 2.73. The van der Waals surface area contributed by atoms with Gasteiger partial charge in [0.15, 0.2) is 0 Å². The molecule has 1 aromatic carbocycles. The molecule has 0 aliphatic heterocycles. The summed E-state index contributed by atoms with van der Waals surface area (Å²) in [6.45, 7) is 5.02. The molecule has 15 heavy (non-hydrogen) atoms. The molecule has 0 radical (unpaired) electrons. The maximum Gasteiger partial charge on any atom is 0.126 e. The third-order valence-corrected chi connectivity index (χ3v) is 3.86. The number of benzene rings is 1. The van der Waals surface area contributed by atoms with E-state index in [-0.39, 0.29) is 11.2 Å². The molecule has 0 spiro atoms. The maximum absolute atomic E-state index is 13.6. The summed E-state index contributed by atoms with van der Waals surface area (Å²) in [6.07, 6.45) is 1.82. The normalized spacial score (nSPS) is 23.6. The molecule has 0 amide bonds. The Bertz CT molecular complexity index is 371. The standard InChI is InChI=1S/C13H18FN/c1-13(2)9(8-15)6-7-10-11(13)4-3-5-12(10)14/h3-5,9H,6-8,15H2,1-2H3. The number of rotatable bonds is 1. The van der Waals surface area contributed by atoms with Crippen LogP contribution in [0.15, 0.2) is 18.2 Å². The highest BCUT2D eigenvalue weighted by Crippen LogP contribution is 2.41. The third kappa shape index (κ3) is 1.57. The van der Waals surface area contributed by atoms with E-state index in [0.717, 1.165) is 24.0 Å². The second-order valence-electron chi connectivity index (χ2n) is 4.96. The monoisotopic (exact) mass is 207 g/mol. The molecule has 2 rings (SSSR count). The van der Waals surface area contributed by atoms with Crippen molar-refractivity contribution in [3.63, 3.8) is 0 Å². The smallest absolute Gasteiger partial charge is 0.126 e. The molecule has 0 saturated heterocycles. The summed E-state index contributed by atoms with van der Waals surface area (Å²) in [5, 5.41) is 0. The molecule has 82 valence electrons. The van der Waals surface area contributed by atoms with E-state index < -0.39 is 0 Å². The van der Waals surface area contributed by atoms with Crippen molar-refractivity contribution >= 4 is 0 Å². The summed E-state index contributed by atoms with van der Waals surface area (Å²) in [4.78, 5) is 0. The van der Waals surface area contributed by atoms with Crippen LogP contribution in [0, 0.1) is 11.7 Å². The van der Waals surface area contributed by atoms with Crippen LogP contribution in [-0.2, 0) is 11.8 Å². The highest BCUT2D eigenvalue weighted by molar-refractivity contribution is 5.37. The number of halogens is 1. The fraction of sp³-hybridized carbons (Fsp3) is 0.538. The minimum atomic E-state index is -0.0592. The quantitative estimate of drug-likeness (QED) is 0.752. The molecule has 2 N–H and O–H groups in total. The Labute approximate surface area is 90.5 Å². The first-order valence-electron chi connectivity index (χ1n) is 5.55. The van der Waals surface area contributed by atoms with Crippen LogP contribution in [0.3, 0.4) is 0 Å². The predicted octanol–water partition coefficient (Wildman–Crippen LogP) is 2.62. The van der Waals surface area contributed by atoms with Crippen LogP contribution in [0.5, 0.6) is 0 Å². The lowest BCUT2D eigenvalue weighted by Gasteiger charge is -2.40. The van der Waals surface area contributed by atoms with E-state index in [4.69, 9.17) is 5.73 Å². The second kappa shape index (κ2) is 3.60. The van der Waals surface area contributed by atoms with E-state index in [1.807, 2.05) is 6.07 Å². The average Bonchev–Trinajstić information content (AvgIpc) is 2.19. The van der Waals surface area contributed by atoms with Gasteiger partial charge in [0.05, 0.1) is 0 Å². The van der Waals surface area contributed by atoms with Crippen molar-refractivity contribution in [1.29, 1.82) is 0 Å². The van der Waals surface area contributed by atoms with Crippen LogP contribution in [0.1, 0.15) is 31.4 Å². The van der Waals surface area contributed by atoms with Crippen molar-refractivity contribution in [3.05, 3.63) is 35.1 Å². The predicted molar refractivity (Wildman–Crippen MR) is 60.3 cm³/mol. The van der Waals surface area contributed by atoms with Crippen molar-refractivity contribution < 1.29 is 4.39 Å². The Hall–Kier alpha value is -0.890. The Morgan fingerprint density at radius 1 is 1.47 bits per heavy atom. The zero-order valence-electron chi connectivity index (χ0n) is 9.39. The number of nitrogens with two attached hydrogens (primary N) is 1. The molecule has 1 nitrogen and oxygen atoms in total. The Morgan fingerprint density at radius 3 is 2.87 bits per heavy atom. The lowest BCUT2D eigenvalue weighted by molar-refractivity contribution is 0.282. The maximum atomic E-state index is 13.6. The van der Waals surface area contributed by atoms with Crippen LogP contribution in [-0.4, -0.2) is 6.54 Å². The van der Waals surface area contributed by atoms with Crippen LogP contribution in [0.4, 0.5) is 4.39 Å². The SMILES string of the molecule is CC1(C)c2cccc(F)c2CCC1CN. The number of hydrogen-bond acceptors (Lipinski definition) is 1. The van der Waals surface area contributed by atoms with Crippen LogP contribution in [0.2, 0.25) is 0 Å². The Morgan fingerprint density at radius 2 is 2.20 bits per heavy atom. The topological polar surface area (TPSA) is 26.0 Å². The van der Waals surface area contributed by atoms with Gasteiger partial charge in [-0.05, 0) is 47.9 Å². The number of fused-ring (bicyclic) bond motifs is 1. The van der Waals surface area contributed by atoms with Crippen LogP contribution >= 0.6 is 0 Å². The van der Waals surface area contributed by atoms with E-state index in [0.29, 0.717) is 12.5 Å². The summed E-state index contributed by atoms with van der Waals surface area (Å²) in [5.41, 5.74) is 7.82. The first-order chi connectivity index (χ1) is 7.07. The molecule has 0 bridgehead atoms. The summed E-state index contributed by atoms with van der Waals surface area (Å²) >= 11 is 0. The zero-order chi connectivity index (χ0) is 11.1. The van der Waals surface area contributed by atoms with Gasteiger partial charge in [-0.15, -0.1) is 0 Å². The van der Waals surface area contributed by atoms with E-state index in [2.05, 4.69) is 13.8 Å². The van der Waals surface area contributed by atoms with Gasteiger partial charge in [0.25, 0.3) is 0 Å². The highest BCUT2D eigenvalue weighted by Gasteiger charge is 2.36. The lowest BCUT2D eigenvalue weighted by Crippen LogP contribution is -2.38. The first-order valence-corrected chi connectivity index (χ1v) is 5.55. The van der Waals surface area contributed by atoms with E-state index in [1.54, 1.807) is 12.1 Å². The molecule has 0 aromatic heterocycles. The van der Waals surface area contributed by atoms with Gasteiger partial charge in [0, 0.05) is 0 Å². The first kappa shape index (κ1) is 10.6. The van der Waals surface area contributed by atoms with Crippen LogP contribution in [0.25, 0.3) is 0 Å². The number of hydrogen-bond donors (Lipinski definition) is 1. The van der Waals surface area contributed by atoms with E-state index in [9.17, 15) is 4.39 Å².